The van der Waals surface area contributed by atoms with E-state index in [1.807, 2.05) is 0 Å². The zero-order valence-corrected chi connectivity index (χ0v) is 16.6. The Balaban J connectivity index is 2.16. The van der Waals surface area contributed by atoms with Crippen LogP contribution in [0, 0.1) is 17.8 Å². The minimum absolute atomic E-state index is 0.0499. The molecule has 27 heavy (non-hydrogen) atoms. The van der Waals surface area contributed by atoms with E-state index in [9.17, 15) is 14.4 Å². The van der Waals surface area contributed by atoms with E-state index < -0.39 is 17.9 Å². The molecule has 0 bridgehead atoms. The molecule has 1 aliphatic carbocycles. The molecule has 0 heterocycles. The maximum atomic E-state index is 11.7. The van der Waals surface area contributed by atoms with Gasteiger partial charge in [0.05, 0.1) is 18.9 Å². The molecule has 0 aromatic rings. The van der Waals surface area contributed by atoms with Gasteiger partial charge in [-0.3, -0.25) is 9.59 Å². The van der Waals surface area contributed by atoms with Gasteiger partial charge in [0.15, 0.2) is 6.79 Å². The zero-order chi connectivity index (χ0) is 20.2. The van der Waals surface area contributed by atoms with Crippen LogP contribution in [-0.2, 0) is 33.3 Å². The molecule has 0 aliphatic heterocycles. The Morgan fingerprint density at radius 2 is 1.67 bits per heavy atom. The highest BCUT2D eigenvalue weighted by molar-refractivity contribution is 5.81. The number of esters is 3. The average Bonchev–Trinajstić information content (AvgIpc) is 2.63. The monoisotopic (exact) mass is 384 g/mol. The topological polar surface area (TPSA) is 88.1 Å². The van der Waals surface area contributed by atoms with Gasteiger partial charge in [-0.15, -0.1) is 0 Å². The summed E-state index contributed by atoms with van der Waals surface area (Å²) in [5.41, 5.74) is 0. The summed E-state index contributed by atoms with van der Waals surface area (Å²) in [4.78, 5) is 34.1. The summed E-state index contributed by atoms with van der Waals surface area (Å²) in [5.74, 6) is -0.0230. The van der Waals surface area contributed by atoms with Gasteiger partial charge in [0, 0.05) is 6.08 Å². The molecule has 154 valence electrons. The Hall–Kier alpha value is -1.89. The third kappa shape index (κ3) is 9.56. The second kappa shape index (κ2) is 12.5. The van der Waals surface area contributed by atoms with E-state index in [0.717, 1.165) is 18.9 Å². The van der Waals surface area contributed by atoms with Crippen molar-refractivity contribution in [2.45, 2.75) is 59.0 Å². The van der Waals surface area contributed by atoms with Gasteiger partial charge in [-0.05, 0) is 30.6 Å². The Kier molecular flexibility index (Phi) is 10.7. The summed E-state index contributed by atoms with van der Waals surface area (Å²) in [6.07, 6.45) is 4.26. The predicted molar refractivity (Wildman–Crippen MR) is 98.5 cm³/mol. The van der Waals surface area contributed by atoms with E-state index in [2.05, 4.69) is 32.1 Å². The smallest absolute Gasteiger partial charge is 0.330 e. The third-order valence-electron chi connectivity index (χ3n) is 4.75. The molecule has 1 fully saturated rings. The summed E-state index contributed by atoms with van der Waals surface area (Å²) >= 11 is 0. The van der Waals surface area contributed by atoms with Crippen LogP contribution >= 0.6 is 0 Å². The van der Waals surface area contributed by atoms with Crippen LogP contribution in [0.2, 0.25) is 0 Å². The predicted octanol–water partition coefficient (Wildman–Crippen LogP) is 3.02. The Morgan fingerprint density at radius 3 is 2.30 bits per heavy atom. The normalized spacial score (nSPS) is 22.1. The van der Waals surface area contributed by atoms with Crippen molar-refractivity contribution in [2.24, 2.45) is 17.8 Å². The van der Waals surface area contributed by atoms with Crippen LogP contribution < -0.4 is 0 Å². The lowest BCUT2D eigenvalue weighted by molar-refractivity contribution is -0.169. The molecule has 0 radical (unpaired) electrons. The molecule has 0 saturated heterocycles. The first kappa shape index (κ1) is 23.1. The van der Waals surface area contributed by atoms with Crippen molar-refractivity contribution in [3.05, 3.63) is 12.7 Å². The van der Waals surface area contributed by atoms with Gasteiger partial charge in [0.2, 0.25) is 0 Å². The fraction of sp³-hybridized carbons (Fsp3) is 0.750. The molecule has 1 rings (SSSR count). The van der Waals surface area contributed by atoms with E-state index in [-0.39, 0.29) is 39.0 Å². The highest BCUT2D eigenvalue weighted by Gasteiger charge is 2.31. The van der Waals surface area contributed by atoms with Crippen molar-refractivity contribution < 1.29 is 33.3 Å². The highest BCUT2D eigenvalue weighted by Crippen LogP contribution is 2.35. The van der Waals surface area contributed by atoms with E-state index in [0.29, 0.717) is 17.8 Å². The van der Waals surface area contributed by atoms with Crippen molar-refractivity contribution in [1.29, 1.82) is 0 Å². The molecule has 7 nitrogen and oxygen atoms in total. The molecule has 0 aromatic carbocycles. The average molecular weight is 384 g/mol. The molecule has 0 aromatic heterocycles. The molecule has 1 aliphatic rings. The lowest BCUT2D eigenvalue weighted by atomic mass is 9.75. The van der Waals surface area contributed by atoms with Crippen LogP contribution in [0.25, 0.3) is 0 Å². The number of hydrogen-bond acceptors (Lipinski definition) is 7. The van der Waals surface area contributed by atoms with Crippen molar-refractivity contribution in [2.75, 3.05) is 20.0 Å². The first-order chi connectivity index (χ1) is 12.8. The minimum Gasteiger partial charge on any atom is -0.462 e. The lowest BCUT2D eigenvalue weighted by Crippen LogP contribution is -2.35. The van der Waals surface area contributed by atoms with Crippen molar-refractivity contribution in [3.63, 3.8) is 0 Å². The van der Waals surface area contributed by atoms with Crippen LogP contribution in [0.4, 0.5) is 0 Å². The first-order valence-electron chi connectivity index (χ1n) is 9.55. The van der Waals surface area contributed by atoms with Crippen LogP contribution in [-0.4, -0.2) is 44.0 Å². The lowest BCUT2D eigenvalue weighted by Gasteiger charge is -2.36. The number of hydrogen-bond donors (Lipinski definition) is 0. The third-order valence-corrected chi connectivity index (χ3v) is 4.75. The molecule has 0 N–H and O–H groups in total. The molecule has 7 heteroatoms. The molecular formula is C20H32O7. The highest BCUT2D eigenvalue weighted by atomic mass is 16.7. The van der Waals surface area contributed by atoms with E-state index in [4.69, 9.17) is 14.2 Å². The van der Waals surface area contributed by atoms with Gasteiger partial charge in [0.25, 0.3) is 0 Å². The first-order valence-corrected chi connectivity index (χ1v) is 9.55. The van der Waals surface area contributed by atoms with Crippen molar-refractivity contribution in [1.82, 2.24) is 0 Å². The summed E-state index contributed by atoms with van der Waals surface area (Å²) in [6, 6.07) is 0. The van der Waals surface area contributed by atoms with Gasteiger partial charge in [-0.2, -0.15) is 0 Å². The minimum atomic E-state index is -0.582. The van der Waals surface area contributed by atoms with Gasteiger partial charge in [0.1, 0.15) is 13.2 Å². The van der Waals surface area contributed by atoms with Crippen LogP contribution in [0.1, 0.15) is 52.9 Å². The maximum Gasteiger partial charge on any atom is 0.330 e. The Morgan fingerprint density at radius 1 is 1.04 bits per heavy atom. The molecule has 3 atom stereocenters. The van der Waals surface area contributed by atoms with E-state index >= 15 is 0 Å². The van der Waals surface area contributed by atoms with Crippen molar-refractivity contribution >= 4 is 17.9 Å². The fourth-order valence-corrected chi connectivity index (χ4v) is 3.20. The summed E-state index contributed by atoms with van der Waals surface area (Å²) in [7, 11) is 0. The zero-order valence-electron chi connectivity index (χ0n) is 16.6. The number of carbonyl (C=O) groups excluding carboxylic acids is 3. The van der Waals surface area contributed by atoms with Gasteiger partial charge in [-0.1, -0.05) is 33.8 Å². The quantitative estimate of drug-likeness (QED) is 0.178. The molecule has 1 saturated carbocycles. The Bertz CT molecular complexity index is 501. The van der Waals surface area contributed by atoms with Gasteiger partial charge < -0.3 is 18.9 Å². The second-order valence-electron chi connectivity index (χ2n) is 7.26. The molecular weight excluding hydrogens is 352 g/mol. The summed E-state index contributed by atoms with van der Waals surface area (Å²) in [5, 5.41) is 0. The van der Waals surface area contributed by atoms with Crippen LogP contribution in [0.15, 0.2) is 12.7 Å². The van der Waals surface area contributed by atoms with E-state index in [1.54, 1.807) is 0 Å². The SMILES string of the molecule is C=CC(=O)OCCOC(=O)CCC(=O)OCOC1CC(C)CCC1C(C)C. The van der Waals surface area contributed by atoms with Crippen molar-refractivity contribution in [3.8, 4) is 0 Å². The fourth-order valence-electron chi connectivity index (χ4n) is 3.20. The Labute approximate surface area is 161 Å². The number of carbonyl (C=O) groups is 3. The molecule has 3 unspecified atom stereocenters. The van der Waals surface area contributed by atoms with E-state index in [1.165, 1.54) is 6.42 Å². The maximum absolute atomic E-state index is 11.7. The number of ether oxygens (including phenoxy) is 4. The van der Waals surface area contributed by atoms with Crippen LogP contribution in [0.3, 0.4) is 0 Å². The largest absolute Gasteiger partial charge is 0.462 e. The van der Waals surface area contributed by atoms with Gasteiger partial charge in [-0.25, -0.2) is 4.79 Å². The summed E-state index contributed by atoms with van der Waals surface area (Å²) in [6.45, 7) is 9.63. The summed E-state index contributed by atoms with van der Waals surface area (Å²) < 4.78 is 20.4. The molecule has 0 spiro atoms. The van der Waals surface area contributed by atoms with Gasteiger partial charge >= 0.3 is 17.9 Å². The number of rotatable bonds is 11. The standard InChI is InChI=1S/C20H32O7/c1-5-18(21)24-10-11-25-19(22)8-9-20(23)27-13-26-17-12-15(4)6-7-16(17)14(2)3/h5,14-17H,1,6-13H2,2-4H3. The second-order valence-corrected chi connectivity index (χ2v) is 7.26. The molecule has 0 amide bonds. The van der Waals surface area contributed by atoms with Crippen LogP contribution in [0.5, 0.6) is 0 Å².